The minimum absolute atomic E-state index is 0. The van der Waals surface area contributed by atoms with Crippen LogP contribution in [0.15, 0.2) is 60.7 Å². The number of hydrogen-bond acceptors (Lipinski definition) is 1. The number of rotatable bonds is 4. The van der Waals surface area contributed by atoms with Crippen LogP contribution in [0.2, 0.25) is 0 Å². The van der Waals surface area contributed by atoms with E-state index >= 15 is 0 Å². The summed E-state index contributed by atoms with van der Waals surface area (Å²) in [7, 11) is -0.790. The summed E-state index contributed by atoms with van der Waals surface area (Å²) in [4.78, 5) is 11.0. The zero-order chi connectivity index (χ0) is 12.1. The Labute approximate surface area is 132 Å². The van der Waals surface area contributed by atoms with E-state index in [2.05, 4.69) is 0 Å². The van der Waals surface area contributed by atoms with Gasteiger partial charge in [-0.2, -0.15) is 0 Å². The maximum absolute atomic E-state index is 11.0. The van der Waals surface area contributed by atoms with Crippen molar-refractivity contribution in [2.75, 3.05) is 6.16 Å². The van der Waals surface area contributed by atoms with Gasteiger partial charge in [0.1, 0.15) is 0 Å². The molecule has 0 aliphatic rings. The topological polar surface area (TPSA) is 37.3 Å². The van der Waals surface area contributed by atoms with Crippen LogP contribution in [-0.4, -0.2) is 17.2 Å². The summed E-state index contributed by atoms with van der Waals surface area (Å²) < 4.78 is 0. The van der Waals surface area contributed by atoms with Crippen LogP contribution >= 0.6 is 7.92 Å². The monoisotopic (exact) mass is 268 g/mol. The first-order valence-corrected chi connectivity index (χ1v) is 6.89. The molecular formula is C14H14NaO2P. The van der Waals surface area contributed by atoms with E-state index in [1.165, 1.54) is 0 Å². The summed E-state index contributed by atoms with van der Waals surface area (Å²) in [5.41, 5.74) is 0. The van der Waals surface area contributed by atoms with Crippen molar-refractivity contribution >= 4 is 24.5 Å². The zero-order valence-electron chi connectivity index (χ0n) is 11.3. The van der Waals surface area contributed by atoms with Crippen LogP contribution in [0.5, 0.6) is 0 Å². The Kier molecular flexibility index (Phi) is 6.59. The first kappa shape index (κ1) is 15.4. The van der Waals surface area contributed by atoms with Gasteiger partial charge in [0, 0.05) is 0 Å². The van der Waals surface area contributed by atoms with Crippen LogP contribution in [0.1, 0.15) is 1.43 Å². The van der Waals surface area contributed by atoms with Gasteiger partial charge in [-0.05, 0) is 18.5 Å². The molecule has 0 amide bonds. The van der Waals surface area contributed by atoms with Crippen molar-refractivity contribution in [3.8, 4) is 0 Å². The predicted molar refractivity (Wildman–Crippen MR) is 72.7 cm³/mol. The zero-order valence-corrected chi connectivity index (χ0v) is 13.2. The third-order valence-electron chi connectivity index (χ3n) is 2.43. The van der Waals surface area contributed by atoms with E-state index in [1.54, 1.807) is 0 Å². The molecule has 0 aliphatic heterocycles. The molecule has 2 aromatic rings. The molecule has 0 saturated heterocycles. The summed E-state index contributed by atoms with van der Waals surface area (Å²) in [6, 6.07) is 19.7. The summed E-state index contributed by atoms with van der Waals surface area (Å²) >= 11 is 0. The molecule has 0 unspecified atom stereocenters. The molecular weight excluding hydrogens is 254 g/mol. The quantitative estimate of drug-likeness (QED) is 0.589. The second-order valence-electron chi connectivity index (χ2n) is 3.65. The fraction of sp³-hybridized carbons (Fsp3) is 0.0714. The average Bonchev–Trinajstić information content (AvgIpc) is 2.38. The molecule has 0 spiro atoms. The Hall–Kier alpha value is -0.660. The van der Waals surface area contributed by atoms with E-state index in [-0.39, 0.29) is 37.1 Å². The van der Waals surface area contributed by atoms with Crippen molar-refractivity contribution < 1.29 is 40.9 Å². The number of hydrogen-bond donors (Lipinski definition) is 1. The molecule has 2 aromatic carbocycles. The van der Waals surface area contributed by atoms with Gasteiger partial charge in [-0.3, -0.25) is 4.79 Å². The first-order chi connectivity index (χ1) is 8.27. The maximum Gasteiger partial charge on any atom is 1.00 e. The molecule has 0 aromatic heterocycles. The number of benzene rings is 2. The number of aliphatic carboxylic acids is 1. The van der Waals surface area contributed by atoms with Gasteiger partial charge in [-0.15, -0.1) is 0 Å². The SMILES string of the molecule is O=C(O)CP(c1ccccc1)c1ccccc1.[H-].[Na+]. The van der Waals surface area contributed by atoms with Crippen molar-refractivity contribution in [1.29, 1.82) is 0 Å². The van der Waals surface area contributed by atoms with E-state index in [1.807, 2.05) is 60.7 Å². The summed E-state index contributed by atoms with van der Waals surface area (Å²) in [6.45, 7) is 0. The van der Waals surface area contributed by atoms with Crippen molar-refractivity contribution in [2.24, 2.45) is 0 Å². The summed E-state index contributed by atoms with van der Waals surface area (Å²) in [5, 5.41) is 11.2. The van der Waals surface area contributed by atoms with Gasteiger partial charge in [0.25, 0.3) is 0 Å². The van der Waals surface area contributed by atoms with E-state index in [4.69, 9.17) is 5.11 Å². The van der Waals surface area contributed by atoms with E-state index < -0.39 is 13.9 Å². The van der Waals surface area contributed by atoms with Crippen molar-refractivity contribution in [3.63, 3.8) is 0 Å². The molecule has 0 heterocycles. The molecule has 1 N–H and O–H groups in total. The van der Waals surface area contributed by atoms with Gasteiger partial charge in [-0.25, -0.2) is 0 Å². The Morgan fingerprint density at radius 2 is 1.33 bits per heavy atom. The van der Waals surface area contributed by atoms with Crippen LogP contribution in [0.25, 0.3) is 0 Å². The van der Waals surface area contributed by atoms with E-state index in [0.29, 0.717) is 0 Å². The molecule has 0 saturated carbocycles. The van der Waals surface area contributed by atoms with E-state index in [0.717, 1.165) is 10.6 Å². The van der Waals surface area contributed by atoms with Crippen molar-refractivity contribution in [2.45, 2.75) is 0 Å². The van der Waals surface area contributed by atoms with Crippen molar-refractivity contribution in [1.82, 2.24) is 0 Å². The number of carbonyl (C=O) groups is 1. The second kappa shape index (κ2) is 7.70. The fourth-order valence-electron chi connectivity index (χ4n) is 1.68. The first-order valence-electron chi connectivity index (χ1n) is 5.37. The standard InChI is InChI=1S/C14H13O2P.Na.H/c15-14(16)11-17(12-7-3-1-4-8-12)13-9-5-2-6-10-13;;/h1-10H,11H2,(H,15,16);;/q;+1;-1. The maximum atomic E-state index is 11.0. The minimum atomic E-state index is -0.790. The van der Waals surface area contributed by atoms with Crippen molar-refractivity contribution in [3.05, 3.63) is 60.7 Å². The summed E-state index contributed by atoms with van der Waals surface area (Å²) in [5.74, 6) is -0.746. The third kappa shape index (κ3) is 4.22. The second-order valence-corrected chi connectivity index (χ2v) is 5.86. The fourth-order valence-corrected chi connectivity index (χ4v) is 3.68. The smallest absolute Gasteiger partial charge is 1.00 e. The van der Waals surface area contributed by atoms with Gasteiger partial charge in [0.15, 0.2) is 0 Å². The molecule has 4 heteroatoms. The third-order valence-corrected chi connectivity index (χ3v) is 4.86. The Balaban J connectivity index is 0.00000162. The van der Waals surface area contributed by atoms with Crippen LogP contribution in [0.3, 0.4) is 0 Å². The Morgan fingerprint density at radius 1 is 0.944 bits per heavy atom. The molecule has 18 heavy (non-hydrogen) atoms. The molecule has 0 atom stereocenters. The van der Waals surface area contributed by atoms with Crippen LogP contribution in [-0.2, 0) is 4.79 Å². The van der Waals surface area contributed by atoms with E-state index in [9.17, 15) is 4.79 Å². The Morgan fingerprint density at radius 3 is 1.67 bits per heavy atom. The number of carboxylic acid groups (broad SMARTS) is 1. The Bertz CT molecular complexity index is 454. The van der Waals surface area contributed by atoms with Crippen LogP contribution < -0.4 is 40.2 Å². The predicted octanol–water partition coefficient (Wildman–Crippen LogP) is -0.680. The molecule has 0 bridgehead atoms. The van der Waals surface area contributed by atoms with Gasteiger partial charge >= 0.3 is 35.5 Å². The largest absolute Gasteiger partial charge is 1.00 e. The molecule has 88 valence electrons. The normalized spacial score (nSPS) is 9.83. The molecule has 2 rings (SSSR count). The van der Waals surface area contributed by atoms with Crippen LogP contribution in [0, 0.1) is 0 Å². The molecule has 0 aliphatic carbocycles. The molecule has 0 fully saturated rings. The molecule has 2 nitrogen and oxygen atoms in total. The number of carboxylic acids is 1. The minimum Gasteiger partial charge on any atom is -1.00 e. The van der Waals surface area contributed by atoms with Gasteiger partial charge in [0.05, 0.1) is 6.16 Å². The van der Waals surface area contributed by atoms with Gasteiger partial charge < -0.3 is 6.53 Å². The molecule has 0 radical (unpaired) electrons. The average molecular weight is 268 g/mol. The summed E-state index contributed by atoms with van der Waals surface area (Å²) in [6.07, 6.45) is 0.184. The van der Waals surface area contributed by atoms with Gasteiger partial charge in [-0.1, -0.05) is 60.7 Å². The van der Waals surface area contributed by atoms with Crippen LogP contribution in [0.4, 0.5) is 0 Å². The van der Waals surface area contributed by atoms with Gasteiger partial charge in [0.2, 0.25) is 0 Å².